The molecule has 42 heavy (non-hydrogen) atoms. The van der Waals surface area contributed by atoms with Crippen molar-refractivity contribution in [1.82, 2.24) is 15.5 Å². The Kier molecular flexibility index (Phi) is 7.50. The molecule has 2 aliphatic rings. The van der Waals surface area contributed by atoms with Gasteiger partial charge in [-0.25, -0.2) is 9.59 Å². The van der Waals surface area contributed by atoms with E-state index in [0.29, 0.717) is 18.8 Å². The van der Waals surface area contributed by atoms with Crippen LogP contribution in [0.5, 0.6) is 0 Å². The number of carbonyl (C=O) groups is 3. The zero-order valence-corrected chi connectivity index (χ0v) is 22.9. The fraction of sp³-hybridized carbons (Fsp3) is 0.242. The Morgan fingerprint density at radius 1 is 0.905 bits per heavy atom. The zero-order valence-electron chi connectivity index (χ0n) is 22.9. The molecule has 4 aromatic rings. The van der Waals surface area contributed by atoms with Crippen molar-refractivity contribution in [1.29, 1.82) is 0 Å². The van der Waals surface area contributed by atoms with E-state index in [1.807, 2.05) is 59.5 Å². The van der Waals surface area contributed by atoms with Crippen molar-refractivity contribution in [2.24, 2.45) is 0 Å². The van der Waals surface area contributed by atoms with Crippen LogP contribution in [-0.2, 0) is 22.6 Å². The number of ether oxygens (including phenoxy) is 1. The SMILES string of the molecule is O=C(NCc1ccc(C(=O)NC2(C(=O)O)CCN(Cc3ccccc3)C2)o1)OCC1c2ccccc2-c2ccccc21. The number of furan rings is 1. The van der Waals surface area contributed by atoms with Crippen LogP contribution < -0.4 is 10.6 Å². The highest BCUT2D eigenvalue weighted by Gasteiger charge is 2.46. The number of carboxylic acid groups (broad SMARTS) is 1. The molecule has 1 fully saturated rings. The third-order valence-corrected chi connectivity index (χ3v) is 8.00. The summed E-state index contributed by atoms with van der Waals surface area (Å²) in [6.45, 7) is 1.51. The second-order valence-corrected chi connectivity index (χ2v) is 10.7. The number of carboxylic acids is 1. The number of aliphatic carboxylic acids is 1. The smallest absolute Gasteiger partial charge is 0.407 e. The summed E-state index contributed by atoms with van der Waals surface area (Å²) in [4.78, 5) is 39.7. The molecule has 6 rings (SSSR count). The maximum absolute atomic E-state index is 13.0. The van der Waals surface area contributed by atoms with Crippen LogP contribution in [-0.4, -0.2) is 53.2 Å². The maximum atomic E-state index is 13.0. The molecule has 0 saturated carbocycles. The molecule has 0 bridgehead atoms. The second-order valence-electron chi connectivity index (χ2n) is 10.7. The third kappa shape index (κ3) is 5.51. The summed E-state index contributed by atoms with van der Waals surface area (Å²) in [5, 5.41) is 15.3. The standard InChI is InChI=1S/C33H31N3O6/c37-30(35-33(31(38)39)16-17-36(21-33)19-22-8-2-1-3-9-22)29-15-14-23(42-29)18-34-32(40)41-20-28-26-12-6-4-10-24(26)25-11-5-7-13-27(25)28/h1-15,28H,16-21H2,(H,34,40)(H,35,37)(H,38,39). The molecular formula is C33H31N3O6. The number of alkyl carbamates (subject to hydrolysis) is 1. The van der Waals surface area contributed by atoms with E-state index in [4.69, 9.17) is 9.15 Å². The van der Waals surface area contributed by atoms with Crippen molar-refractivity contribution in [2.75, 3.05) is 19.7 Å². The molecule has 1 aliphatic carbocycles. The maximum Gasteiger partial charge on any atom is 0.407 e. The van der Waals surface area contributed by atoms with Gasteiger partial charge in [0.1, 0.15) is 12.4 Å². The quantitative estimate of drug-likeness (QED) is 0.267. The van der Waals surface area contributed by atoms with Crippen LogP contribution in [0.25, 0.3) is 11.1 Å². The predicted molar refractivity (Wildman–Crippen MR) is 155 cm³/mol. The van der Waals surface area contributed by atoms with Crippen LogP contribution in [0.3, 0.4) is 0 Å². The highest BCUT2D eigenvalue weighted by Crippen LogP contribution is 2.44. The number of fused-ring (bicyclic) bond motifs is 3. The summed E-state index contributed by atoms with van der Waals surface area (Å²) in [7, 11) is 0. The first kappa shape index (κ1) is 27.3. The summed E-state index contributed by atoms with van der Waals surface area (Å²) < 4.78 is 11.2. The second kappa shape index (κ2) is 11.5. The molecule has 1 aromatic heterocycles. The van der Waals surface area contributed by atoms with E-state index in [-0.39, 0.29) is 37.8 Å². The van der Waals surface area contributed by atoms with Gasteiger partial charge in [0.2, 0.25) is 0 Å². The lowest BCUT2D eigenvalue weighted by atomic mass is 9.98. The van der Waals surface area contributed by atoms with Crippen molar-refractivity contribution < 1.29 is 28.6 Å². The van der Waals surface area contributed by atoms with E-state index in [1.165, 1.54) is 6.07 Å². The summed E-state index contributed by atoms with van der Waals surface area (Å²) in [5.74, 6) is -1.44. The fourth-order valence-corrected chi connectivity index (χ4v) is 5.88. The Labute approximate surface area is 243 Å². The van der Waals surface area contributed by atoms with Gasteiger partial charge >= 0.3 is 12.1 Å². The fourth-order valence-electron chi connectivity index (χ4n) is 5.88. The van der Waals surface area contributed by atoms with Crippen LogP contribution in [0.2, 0.25) is 0 Å². The molecule has 9 nitrogen and oxygen atoms in total. The summed E-state index contributed by atoms with van der Waals surface area (Å²) in [6.07, 6.45) is -0.328. The molecule has 1 atom stereocenters. The molecule has 3 N–H and O–H groups in total. The summed E-state index contributed by atoms with van der Waals surface area (Å²) in [5.41, 5.74) is 4.20. The molecule has 0 radical (unpaired) electrons. The number of hydrogen-bond donors (Lipinski definition) is 3. The Bertz CT molecular complexity index is 1570. The minimum atomic E-state index is -1.42. The summed E-state index contributed by atoms with van der Waals surface area (Å²) >= 11 is 0. The Hall–Kier alpha value is -4.89. The van der Waals surface area contributed by atoms with Crippen molar-refractivity contribution >= 4 is 18.0 Å². The van der Waals surface area contributed by atoms with Gasteiger partial charge in [0.15, 0.2) is 11.3 Å². The lowest BCUT2D eigenvalue weighted by molar-refractivity contribution is -0.144. The largest absolute Gasteiger partial charge is 0.479 e. The van der Waals surface area contributed by atoms with Gasteiger partial charge in [-0.05, 0) is 46.4 Å². The average molecular weight is 566 g/mol. The van der Waals surface area contributed by atoms with Gasteiger partial charge in [0, 0.05) is 25.6 Å². The number of nitrogens with zero attached hydrogens (tertiary/aromatic N) is 1. The van der Waals surface area contributed by atoms with Gasteiger partial charge in [-0.3, -0.25) is 9.69 Å². The van der Waals surface area contributed by atoms with Crippen molar-refractivity contribution in [3.8, 4) is 11.1 Å². The first-order valence-electron chi connectivity index (χ1n) is 13.9. The minimum absolute atomic E-state index is 0.0128. The molecule has 1 aliphatic heterocycles. The van der Waals surface area contributed by atoms with Crippen LogP contribution in [0.15, 0.2) is 95.4 Å². The van der Waals surface area contributed by atoms with Crippen LogP contribution in [0.4, 0.5) is 4.79 Å². The van der Waals surface area contributed by atoms with Gasteiger partial charge in [-0.2, -0.15) is 0 Å². The Balaban J connectivity index is 1.02. The van der Waals surface area contributed by atoms with Gasteiger partial charge in [-0.15, -0.1) is 0 Å². The zero-order chi connectivity index (χ0) is 29.1. The van der Waals surface area contributed by atoms with Crippen molar-refractivity contribution in [3.63, 3.8) is 0 Å². The molecule has 9 heteroatoms. The lowest BCUT2D eigenvalue weighted by Crippen LogP contribution is -2.56. The van der Waals surface area contributed by atoms with Gasteiger partial charge < -0.3 is 24.9 Å². The van der Waals surface area contributed by atoms with Gasteiger partial charge in [0.05, 0.1) is 6.54 Å². The molecule has 0 spiro atoms. The number of nitrogens with one attached hydrogen (secondary N) is 2. The van der Waals surface area contributed by atoms with E-state index in [9.17, 15) is 19.5 Å². The van der Waals surface area contributed by atoms with Crippen LogP contribution in [0, 0.1) is 0 Å². The van der Waals surface area contributed by atoms with E-state index < -0.39 is 23.5 Å². The highest BCUT2D eigenvalue weighted by molar-refractivity contribution is 5.96. The van der Waals surface area contributed by atoms with E-state index in [2.05, 4.69) is 34.9 Å². The number of benzene rings is 3. The average Bonchev–Trinajstić information content (AvgIpc) is 3.72. The number of likely N-dealkylation sites (tertiary alicyclic amines) is 1. The molecular weight excluding hydrogens is 534 g/mol. The number of rotatable bonds is 9. The number of amides is 2. The van der Waals surface area contributed by atoms with Gasteiger partial charge in [-0.1, -0.05) is 78.9 Å². The third-order valence-electron chi connectivity index (χ3n) is 8.00. The van der Waals surface area contributed by atoms with E-state index in [0.717, 1.165) is 27.8 Å². The van der Waals surface area contributed by atoms with Crippen LogP contribution in [0.1, 0.15) is 45.3 Å². The van der Waals surface area contributed by atoms with Crippen molar-refractivity contribution in [3.05, 3.63) is 119 Å². The molecule has 1 saturated heterocycles. The van der Waals surface area contributed by atoms with Crippen LogP contribution >= 0.6 is 0 Å². The topological polar surface area (TPSA) is 121 Å². The van der Waals surface area contributed by atoms with E-state index in [1.54, 1.807) is 6.07 Å². The monoisotopic (exact) mass is 565 g/mol. The van der Waals surface area contributed by atoms with E-state index >= 15 is 0 Å². The lowest BCUT2D eigenvalue weighted by Gasteiger charge is -2.26. The Morgan fingerprint density at radius 2 is 1.57 bits per heavy atom. The first-order chi connectivity index (χ1) is 20.4. The summed E-state index contributed by atoms with van der Waals surface area (Å²) in [6, 6.07) is 29.0. The molecule has 2 amide bonds. The number of carbonyl (C=O) groups excluding carboxylic acids is 2. The van der Waals surface area contributed by atoms with Gasteiger partial charge in [0.25, 0.3) is 5.91 Å². The molecule has 1 unspecified atom stereocenters. The number of hydrogen-bond acceptors (Lipinski definition) is 6. The Morgan fingerprint density at radius 3 is 2.26 bits per heavy atom. The molecule has 3 aromatic carbocycles. The highest BCUT2D eigenvalue weighted by atomic mass is 16.5. The van der Waals surface area contributed by atoms with Crippen molar-refractivity contribution in [2.45, 2.75) is 31.0 Å². The molecule has 2 heterocycles. The first-order valence-corrected chi connectivity index (χ1v) is 13.9. The normalized spacial score (nSPS) is 17.8. The predicted octanol–water partition coefficient (Wildman–Crippen LogP) is 4.78. The minimum Gasteiger partial charge on any atom is -0.479 e. The molecule has 214 valence electrons.